The Morgan fingerprint density at radius 2 is 2.27 bits per heavy atom. The topological polar surface area (TPSA) is 72.7 Å². The summed E-state index contributed by atoms with van der Waals surface area (Å²) < 4.78 is 16.3. The van der Waals surface area contributed by atoms with Gasteiger partial charge in [0.1, 0.15) is 6.61 Å². The van der Waals surface area contributed by atoms with Crippen LogP contribution >= 0.6 is 0 Å². The van der Waals surface area contributed by atoms with Gasteiger partial charge in [0.25, 0.3) is 5.89 Å². The molecule has 26 heavy (non-hydrogen) atoms. The molecule has 2 heterocycles. The number of hydrogen-bond donors (Lipinski definition) is 1. The molecule has 138 valence electrons. The number of piperazine rings is 1. The monoisotopic (exact) mass is 356 g/mol. The Morgan fingerprint density at radius 3 is 3.04 bits per heavy atom. The molecule has 1 aliphatic rings. The molecule has 7 nitrogen and oxygen atoms in total. The molecule has 1 atom stereocenters. The van der Waals surface area contributed by atoms with Gasteiger partial charge < -0.3 is 19.3 Å². The summed E-state index contributed by atoms with van der Waals surface area (Å²) >= 11 is 0. The molecule has 0 saturated carbocycles. The van der Waals surface area contributed by atoms with Gasteiger partial charge in [0.2, 0.25) is 0 Å². The van der Waals surface area contributed by atoms with Crippen LogP contribution in [0, 0.1) is 0 Å². The van der Waals surface area contributed by atoms with Crippen LogP contribution in [-0.4, -0.2) is 55.4 Å². The maximum Gasteiger partial charge on any atom is 0.250 e. The Labute approximate surface area is 153 Å². The second kappa shape index (κ2) is 8.64. The molecule has 2 aromatic rings. The number of nitrogens with one attached hydrogen (secondary N) is 1. The number of rotatable bonds is 7. The normalized spacial score (nSPS) is 18.2. The highest BCUT2D eigenvalue weighted by Gasteiger charge is 2.24. The quantitative estimate of drug-likeness (QED) is 0.764. The van der Waals surface area contributed by atoms with Gasteiger partial charge in [-0.1, -0.05) is 23.9 Å². The average Bonchev–Trinajstić information content (AvgIpc) is 3.14. The summed E-state index contributed by atoms with van der Waals surface area (Å²) in [6.07, 6.45) is 5.39. The molecule has 1 N–H and O–H groups in total. The molecule has 0 amide bonds. The van der Waals surface area contributed by atoms with E-state index in [9.17, 15) is 0 Å². The van der Waals surface area contributed by atoms with E-state index in [1.165, 1.54) is 0 Å². The number of aromatic nitrogens is 2. The smallest absolute Gasteiger partial charge is 0.250 e. The highest BCUT2D eigenvalue weighted by atomic mass is 16.5. The largest absolute Gasteiger partial charge is 0.493 e. The van der Waals surface area contributed by atoms with Crippen molar-refractivity contribution >= 4 is 12.2 Å². The SMILES string of the molecule is C=CCOc1ccc(/C=C/c2nc(C3CNCCN3C)no2)cc1OC. The van der Waals surface area contributed by atoms with Gasteiger partial charge in [-0.25, -0.2) is 0 Å². The second-order valence-corrected chi connectivity index (χ2v) is 6.03. The van der Waals surface area contributed by atoms with Gasteiger partial charge in [0.05, 0.1) is 13.2 Å². The van der Waals surface area contributed by atoms with E-state index in [1.807, 2.05) is 24.3 Å². The lowest BCUT2D eigenvalue weighted by Crippen LogP contribution is -2.44. The Morgan fingerprint density at radius 1 is 1.38 bits per heavy atom. The highest BCUT2D eigenvalue weighted by molar-refractivity contribution is 5.67. The minimum absolute atomic E-state index is 0.135. The predicted octanol–water partition coefficient (Wildman–Crippen LogP) is 2.39. The van der Waals surface area contributed by atoms with Crippen LogP contribution in [0.25, 0.3) is 12.2 Å². The van der Waals surface area contributed by atoms with Crippen molar-refractivity contribution in [1.82, 2.24) is 20.4 Å². The third kappa shape index (κ3) is 4.30. The van der Waals surface area contributed by atoms with Crippen LogP contribution in [0.3, 0.4) is 0 Å². The lowest BCUT2D eigenvalue weighted by Gasteiger charge is -2.30. The summed E-state index contributed by atoms with van der Waals surface area (Å²) in [5, 5.41) is 7.46. The van der Waals surface area contributed by atoms with Crippen molar-refractivity contribution < 1.29 is 14.0 Å². The minimum atomic E-state index is 0.135. The van der Waals surface area contributed by atoms with Crippen LogP contribution in [0.5, 0.6) is 11.5 Å². The summed E-state index contributed by atoms with van der Waals surface area (Å²) in [4.78, 5) is 6.71. The first-order valence-electron chi connectivity index (χ1n) is 8.55. The van der Waals surface area contributed by atoms with Crippen LogP contribution < -0.4 is 14.8 Å². The van der Waals surface area contributed by atoms with Crippen molar-refractivity contribution in [3.8, 4) is 11.5 Å². The van der Waals surface area contributed by atoms with E-state index in [2.05, 4.69) is 34.0 Å². The van der Waals surface area contributed by atoms with Crippen molar-refractivity contribution in [2.45, 2.75) is 6.04 Å². The van der Waals surface area contributed by atoms with E-state index < -0.39 is 0 Å². The Kier molecular flexibility index (Phi) is 6.04. The maximum atomic E-state index is 5.56. The summed E-state index contributed by atoms with van der Waals surface area (Å²) in [6.45, 7) is 6.84. The third-order valence-electron chi connectivity index (χ3n) is 4.23. The first kappa shape index (κ1) is 18.2. The molecule has 0 aliphatic carbocycles. The van der Waals surface area contributed by atoms with E-state index in [0.29, 0.717) is 29.8 Å². The molecule has 1 unspecified atom stereocenters. The number of nitrogens with zero attached hydrogens (tertiary/aromatic N) is 3. The summed E-state index contributed by atoms with van der Waals surface area (Å²) in [7, 11) is 3.68. The van der Waals surface area contributed by atoms with Crippen molar-refractivity contribution in [3.05, 3.63) is 48.1 Å². The summed E-state index contributed by atoms with van der Waals surface area (Å²) in [5.41, 5.74) is 0.948. The number of ether oxygens (including phenoxy) is 2. The van der Waals surface area contributed by atoms with E-state index in [-0.39, 0.29) is 6.04 Å². The van der Waals surface area contributed by atoms with Crippen molar-refractivity contribution in [2.24, 2.45) is 0 Å². The lowest BCUT2D eigenvalue weighted by atomic mass is 10.2. The highest BCUT2D eigenvalue weighted by Crippen LogP contribution is 2.29. The molecule has 3 rings (SSSR count). The maximum absolute atomic E-state index is 5.56. The molecule has 7 heteroatoms. The molecular weight excluding hydrogens is 332 g/mol. The Bertz CT molecular complexity index is 772. The fraction of sp³-hybridized carbons (Fsp3) is 0.368. The van der Waals surface area contributed by atoms with Gasteiger partial charge in [-0.3, -0.25) is 4.90 Å². The van der Waals surface area contributed by atoms with Gasteiger partial charge in [0, 0.05) is 25.7 Å². The molecule has 1 aliphatic heterocycles. The van der Waals surface area contributed by atoms with E-state index >= 15 is 0 Å². The molecular formula is C19H24N4O3. The van der Waals surface area contributed by atoms with Gasteiger partial charge in [0.15, 0.2) is 17.3 Å². The van der Waals surface area contributed by atoms with Crippen molar-refractivity contribution in [3.63, 3.8) is 0 Å². The van der Waals surface area contributed by atoms with Crippen molar-refractivity contribution in [1.29, 1.82) is 0 Å². The van der Waals surface area contributed by atoms with Gasteiger partial charge in [-0.05, 0) is 30.8 Å². The van der Waals surface area contributed by atoms with E-state index in [1.54, 1.807) is 19.3 Å². The molecule has 1 aromatic heterocycles. The van der Waals surface area contributed by atoms with E-state index in [4.69, 9.17) is 14.0 Å². The van der Waals surface area contributed by atoms with Gasteiger partial charge in [-0.2, -0.15) is 4.98 Å². The number of methoxy groups -OCH3 is 1. The van der Waals surface area contributed by atoms with Crippen molar-refractivity contribution in [2.75, 3.05) is 40.4 Å². The van der Waals surface area contributed by atoms with Crippen LogP contribution in [0.4, 0.5) is 0 Å². The summed E-state index contributed by atoms with van der Waals surface area (Å²) in [6, 6.07) is 5.83. The molecule has 1 fully saturated rings. The number of benzene rings is 1. The molecule has 0 radical (unpaired) electrons. The van der Waals surface area contributed by atoms with Crippen LogP contribution in [-0.2, 0) is 0 Å². The van der Waals surface area contributed by atoms with Crippen LogP contribution in [0.15, 0.2) is 35.4 Å². The standard InChI is InChI=1S/C19H24N4O3/c1-4-11-25-16-7-5-14(12-17(16)24-3)6-8-18-21-19(22-26-18)15-13-20-9-10-23(15)2/h4-8,12,15,20H,1,9-11,13H2,2-3H3/b8-6+. The first-order chi connectivity index (χ1) is 12.7. The summed E-state index contributed by atoms with van der Waals surface area (Å²) in [5.74, 6) is 2.52. The molecule has 0 bridgehead atoms. The lowest BCUT2D eigenvalue weighted by molar-refractivity contribution is 0.190. The zero-order valence-corrected chi connectivity index (χ0v) is 15.1. The number of likely N-dealkylation sites (N-methyl/N-ethyl adjacent to an activating group) is 1. The van der Waals surface area contributed by atoms with E-state index in [0.717, 1.165) is 25.2 Å². The number of hydrogen-bond acceptors (Lipinski definition) is 7. The molecule has 1 aromatic carbocycles. The molecule has 0 spiro atoms. The fourth-order valence-corrected chi connectivity index (χ4v) is 2.77. The minimum Gasteiger partial charge on any atom is -0.493 e. The fourth-order valence-electron chi connectivity index (χ4n) is 2.77. The Balaban J connectivity index is 1.70. The predicted molar refractivity (Wildman–Crippen MR) is 100 cm³/mol. The zero-order chi connectivity index (χ0) is 18.4. The van der Waals surface area contributed by atoms with Crippen LogP contribution in [0.1, 0.15) is 23.3 Å². The Hall–Kier alpha value is -2.64. The first-order valence-corrected chi connectivity index (χ1v) is 8.55. The van der Waals surface area contributed by atoms with Gasteiger partial charge >= 0.3 is 0 Å². The second-order valence-electron chi connectivity index (χ2n) is 6.03. The third-order valence-corrected chi connectivity index (χ3v) is 4.23. The molecule has 1 saturated heterocycles. The average molecular weight is 356 g/mol. The van der Waals surface area contributed by atoms with Gasteiger partial charge in [-0.15, -0.1) is 0 Å². The zero-order valence-electron chi connectivity index (χ0n) is 15.1. The van der Waals surface area contributed by atoms with Crippen LogP contribution in [0.2, 0.25) is 0 Å².